The molecule has 21 heavy (non-hydrogen) atoms. The molecule has 0 radical (unpaired) electrons. The minimum Gasteiger partial charge on any atom is -0.395 e. The standard InChI is InChI=1S/C15H13FN2O3/c1-10-8-14(18-21-10)17-15(20)13-9-12(16)6-5-11(13)4-2-3-7-19/h5-6,8-9,19H,3,7H2,1H3,(H,17,18,20). The number of carbonyl (C=O) groups excluding carboxylic acids is 1. The Bertz CT molecular complexity index is 713. The number of hydrogen-bond acceptors (Lipinski definition) is 4. The van der Waals surface area contributed by atoms with Gasteiger partial charge in [0.05, 0.1) is 12.2 Å². The van der Waals surface area contributed by atoms with Crippen molar-refractivity contribution in [3.05, 3.63) is 47.0 Å². The summed E-state index contributed by atoms with van der Waals surface area (Å²) in [6, 6.07) is 5.29. The van der Waals surface area contributed by atoms with Gasteiger partial charge in [0.15, 0.2) is 5.82 Å². The van der Waals surface area contributed by atoms with Crippen molar-refractivity contribution in [2.75, 3.05) is 11.9 Å². The number of nitrogens with zero attached hydrogens (tertiary/aromatic N) is 1. The fraction of sp³-hybridized carbons (Fsp3) is 0.200. The molecule has 2 N–H and O–H groups in total. The molecule has 0 bridgehead atoms. The molecule has 0 spiro atoms. The van der Waals surface area contributed by atoms with Crippen LogP contribution in [0.1, 0.15) is 28.1 Å². The Labute approximate surface area is 120 Å². The van der Waals surface area contributed by atoms with E-state index in [0.717, 1.165) is 6.07 Å². The molecule has 1 heterocycles. The Kier molecular flexibility index (Phi) is 4.69. The van der Waals surface area contributed by atoms with Crippen LogP contribution in [0.4, 0.5) is 10.2 Å². The Morgan fingerprint density at radius 2 is 2.29 bits per heavy atom. The van der Waals surface area contributed by atoms with E-state index in [9.17, 15) is 9.18 Å². The minimum atomic E-state index is -0.538. The Morgan fingerprint density at radius 1 is 1.48 bits per heavy atom. The fourth-order valence-electron chi connectivity index (χ4n) is 1.64. The first-order chi connectivity index (χ1) is 10.1. The minimum absolute atomic E-state index is 0.0755. The molecule has 2 aromatic rings. The molecule has 0 aliphatic rings. The lowest BCUT2D eigenvalue weighted by atomic mass is 10.1. The molecule has 0 aliphatic carbocycles. The van der Waals surface area contributed by atoms with Crippen molar-refractivity contribution in [2.24, 2.45) is 0 Å². The van der Waals surface area contributed by atoms with Gasteiger partial charge in [-0.3, -0.25) is 4.79 Å². The normalized spacial score (nSPS) is 9.86. The summed E-state index contributed by atoms with van der Waals surface area (Å²) in [5, 5.41) is 14.9. The van der Waals surface area contributed by atoms with Gasteiger partial charge in [-0.2, -0.15) is 0 Å². The van der Waals surface area contributed by atoms with E-state index in [-0.39, 0.29) is 24.4 Å². The Morgan fingerprint density at radius 3 is 2.95 bits per heavy atom. The SMILES string of the molecule is Cc1cc(NC(=O)c2cc(F)ccc2C#CCCO)no1. The maximum absolute atomic E-state index is 13.3. The molecule has 0 saturated heterocycles. The molecule has 1 amide bonds. The van der Waals surface area contributed by atoms with Gasteiger partial charge in [-0.05, 0) is 25.1 Å². The van der Waals surface area contributed by atoms with Crippen LogP contribution < -0.4 is 5.32 Å². The average molecular weight is 288 g/mol. The largest absolute Gasteiger partial charge is 0.395 e. The number of anilines is 1. The van der Waals surface area contributed by atoms with Crippen LogP contribution in [0.15, 0.2) is 28.8 Å². The van der Waals surface area contributed by atoms with Crippen molar-refractivity contribution in [3.8, 4) is 11.8 Å². The van der Waals surface area contributed by atoms with Crippen LogP contribution in [0.25, 0.3) is 0 Å². The second-order valence-electron chi connectivity index (χ2n) is 4.24. The van der Waals surface area contributed by atoms with Crippen molar-refractivity contribution in [1.82, 2.24) is 5.16 Å². The molecule has 108 valence electrons. The lowest BCUT2D eigenvalue weighted by Crippen LogP contribution is -2.14. The topological polar surface area (TPSA) is 75.4 Å². The van der Waals surface area contributed by atoms with Gasteiger partial charge in [-0.15, -0.1) is 0 Å². The van der Waals surface area contributed by atoms with Gasteiger partial charge in [0.1, 0.15) is 11.6 Å². The predicted octanol–water partition coefficient (Wildman–Crippen LogP) is 2.11. The number of nitrogens with one attached hydrogen (secondary N) is 1. The molecule has 1 aromatic heterocycles. The van der Waals surface area contributed by atoms with Crippen molar-refractivity contribution in [3.63, 3.8) is 0 Å². The Balaban J connectivity index is 2.26. The molecule has 2 rings (SSSR count). The summed E-state index contributed by atoms with van der Waals surface area (Å²) in [4.78, 5) is 12.2. The third-order valence-electron chi connectivity index (χ3n) is 2.56. The van der Waals surface area contributed by atoms with E-state index in [0.29, 0.717) is 11.3 Å². The molecule has 0 aliphatic heterocycles. The van der Waals surface area contributed by atoms with Gasteiger partial charge < -0.3 is 14.9 Å². The number of aliphatic hydroxyl groups is 1. The number of halogens is 1. The zero-order chi connectivity index (χ0) is 15.2. The van der Waals surface area contributed by atoms with E-state index < -0.39 is 11.7 Å². The van der Waals surface area contributed by atoms with Gasteiger partial charge in [0.2, 0.25) is 0 Å². The zero-order valence-electron chi connectivity index (χ0n) is 11.3. The summed E-state index contributed by atoms with van der Waals surface area (Å²) in [5.41, 5.74) is 0.476. The first kappa shape index (κ1) is 14.8. The number of aliphatic hydroxyl groups excluding tert-OH is 1. The summed E-state index contributed by atoms with van der Waals surface area (Å²) in [6.07, 6.45) is 0.279. The monoisotopic (exact) mass is 288 g/mol. The molecular formula is C15H13FN2O3. The lowest BCUT2D eigenvalue weighted by molar-refractivity contribution is 0.102. The van der Waals surface area contributed by atoms with E-state index in [4.69, 9.17) is 9.63 Å². The van der Waals surface area contributed by atoms with Crippen molar-refractivity contribution in [2.45, 2.75) is 13.3 Å². The number of carbonyl (C=O) groups is 1. The summed E-state index contributed by atoms with van der Waals surface area (Å²) in [6.45, 7) is 1.62. The highest BCUT2D eigenvalue weighted by molar-refractivity contribution is 6.05. The van der Waals surface area contributed by atoms with Crippen LogP contribution in [0.3, 0.4) is 0 Å². The lowest BCUT2D eigenvalue weighted by Gasteiger charge is -2.04. The smallest absolute Gasteiger partial charge is 0.258 e. The number of aryl methyl sites for hydroxylation is 1. The fourth-order valence-corrected chi connectivity index (χ4v) is 1.64. The first-order valence-corrected chi connectivity index (χ1v) is 6.24. The number of amides is 1. The summed E-state index contributed by atoms with van der Waals surface area (Å²) < 4.78 is 18.2. The van der Waals surface area contributed by atoms with Gasteiger partial charge >= 0.3 is 0 Å². The third-order valence-corrected chi connectivity index (χ3v) is 2.56. The predicted molar refractivity (Wildman–Crippen MR) is 74.2 cm³/mol. The summed E-state index contributed by atoms with van der Waals surface area (Å²) in [7, 11) is 0. The van der Waals surface area contributed by atoms with Crippen LogP contribution in [0.5, 0.6) is 0 Å². The van der Waals surface area contributed by atoms with Crippen molar-refractivity contribution >= 4 is 11.7 Å². The van der Waals surface area contributed by atoms with Crippen LogP contribution in [-0.2, 0) is 0 Å². The third kappa shape index (κ3) is 3.91. The van der Waals surface area contributed by atoms with Crippen LogP contribution in [-0.4, -0.2) is 22.8 Å². The molecule has 0 saturated carbocycles. The number of benzene rings is 1. The van der Waals surface area contributed by atoms with Gasteiger partial charge in [-0.1, -0.05) is 17.0 Å². The molecule has 0 unspecified atom stereocenters. The van der Waals surface area contributed by atoms with Gasteiger partial charge in [0, 0.05) is 18.1 Å². The van der Waals surface area contributed by atoms with Crippen LogP contribution in [0, 0.1) is 24.6 Å². The van der Waals surface area contributed by atoms with E-state index in [1.165, 1.54) is 12.1 Å². The molecule has 0 atom stereocenters. The highest BCUT2D eigenvalue weighted by Crippen LogP contribution is 2.14. The summed E-state index contributed by atoms with van der Waals surface area (Å²) in [5.74, 6) is 5.16. The van der Waals surface area contributed by atoms with Crippen LogP contribution in [0.2, 0.25) is 0 Å². The van der Waals surface area contributed by atoms with E-state index in [1.54, 1.807) is 13.0 Å². The summed E-state index contributed by atoms with van der Waals surface area (Å²) >= 11 is 0. The molecule has 6 heteroatoms. The van der Waals surface area contributed by atoms with Gasteiger partial charge in [-0.25, -0.2) is 4.39 Å². The highest BCUT2D eigenvalue weighted by atomic mass is 19.1. The second-order valence-corrected chi connectivity index (χ2v) is 4.24. The van der Waals surface area contributed by atoms with Crippen LogP contribution >= 0.6 is 0 Å². The van der Waals surface area contributed by atoms with E-state index in [1.807, 2.05) is 0 Å². The van der Waals surface area contributed by atoms with Crippen molar-refractivity contribution < 1.29 is 18.8 Å². The first-order valence-electron chi connectivity index (χ1n) is 6.24. The molecule has 0 fully saturated rings. The molecule has 5 nitrogen and oxygen atoms in total. The van der Waals surface area contributed by atoms with E-state index >= 15 is 0 Å². The highest BCUT2D eigenvalue weighted by Gasteiger charge is 2.13. The maximum Gasteiger partial charge on any atom is 0.258 e. The van der Waals surface area contributed by atoms with E-state index in [2.05, 4.69) is 22.3 Å². The number of hydrogen-bond donors (Lipinski definition) is 2. The Hall–Kier alpha value is -2.65. The number of rotatable bonds is 3. The second kappa shape index (κ2) is 6.68. The zero-order valence-corrected chi connectivity index (χ0v) is 11.3. The molecule has 1 aromatic carbocycles. The molecular weight excluding hydrogens is 275 g/mol. The van der Waals surface area contributed by atoms with Gasteiger partial charge in [0.25, 0.3) is 5.91 Å². The average Bonchev–Trinajstić information content (AvgIpc) is 2.86. The quantitative estimate of drug-likeness (QED) is 0.848. The van der Waals surface area contributed by atoms with Crippen molar-refractivity contribution in [1.29, 1.82) is 0 Å². The number of aromatic nitrogens is 1. The maximum atomic E-state index is 13.3.